The summed E-state index contributed by atoms with van der Waals surface area (Å²) in [5.41, 5.74) is 2.29. The third-order valence-electron chi connectivity index (χ3n) is 3.84. The first-order valence-corrected chi connectivity index (χ1v) is 8.19. The zero-order chi connectivity index (χ0) is 17.4. The molecule has 2 aromatic rings. The molecule has 0 unspecified atom stereocenters. The van der Waals surface area contributed by atoms with Gasteiger partial charge in [0.05, 0.1) is 23.6 Å². The van der Waals surface area contributed by atoms with Crippen LogP contribution in [0.2, 0.25) is 0 Å². The van der Waals surface area contributed by atoms with Crippen LogP contribution in [-0.2, 0) is 4.74 Å². The highest BCUT2D eigenvalue weighted by Gasteiger charge is 2.13. The SMILES string of the molecule is COCCN(C)CCCNC(=O)c1cn(-c2ccccc2)nc1C. The summed E-state index contributed by atoms with van der Waals surface area (Å²) in [6.07, 6.45) is 2.68. The quantitative estimate of drug-likeness (QED) is 0.713. The maximum Gasteiger partial charge on any atom is 0.254 e. The van der Waals surface area contributed by atoms with Crippen molar-refractivity contribution in [1.29, 1.82) is 0 Å². The molecule has 0 bridgehead atoms. The lowest BCUT2D eigenvalue weighted by Gasteiger charge is -2.15. The van der Waals surface area contributed by atoms with E-state index in [1.807, 2.05) is 37.3 Å². The number of carbonyl (C=O) groups is 1. The molecule has 0 fully saturated rings. The van der Waals surface area contributed by atoms with Crippen LogP contribution in [0.4, 0.5) is 0 Å². The molecule has 0 saturated carbocycles. The number of methoxy groups -OCH3 is 1. The molecule has 6 heteroatoms. The summed E-state index contributed by atoms with van der Waals surface area (Å²) in [6.45, 7) is 5.04. The molecular formula is C18H26N4O2. The molecule has 0 aliphatic heterocycles. The summed E-state index contributed by atoms with van der Waals surface area (Å²) in [6, 6.07) is 9.78. The van der Waals surface area contributed by atoms with Gasteiger partial charge in [0.1, 0.15) is 0 Å². The van der Waals surface area contributed by atoms with E-state index in [2.05, 4.69) is 22.4 Å². The lowest BCUT2D eigenvalue weighted by Crippen LogP contribution is -2.29. The van der Waals surface area contributed by atoms with E-state index >= 15 is 0 Å². The fraction of sp³-hybridized carbons (Fsp3) is 0.444. The van der Waals surface area contributed by atoms with Crippen molar-refractivity contribution in [3.8, 4) is 5.69 Å². The second-order valence-corrected chi connectivity index (χ2v) is 5.81. The van der Waals surface area contributed by atoms with Crippen molar-refractivity contribution >= 4 is 5.91 Å². The molecule has 1 heterocycles. The number of ether oxygens (including phenoxy) is 1. The number of rotatable bonds is 9. The number of amides is 1. The Morgan fingerprint density at radius 2 is 2.04 bits per heavy atom. The fourth-order valence-electron chi connectivity index (χ4n) is 2.40. The van der Waals surface area contributed by atoms with Crippen LogP contribution in [0.5, 0.6) is 0 Å². The molecule has 0 aliphatic carbocycles. The molecule has 1 aromatic carbocycles. The summed E-state index contributed by atoms with van der Waals surface area (Å²) in [5.74, 6) is -0.0748. The molecule has 6 nitrogen and oxygen atoms in total. The first-order chi connectivity index (χ1) is 11.6. The predicted molar refractivity (Wildman–Crippen MR) is 94.6 cm³/mol. The highest BCUT2D eigenvalue weighted by Crippen LogP contribution is 2.11. The Balaban J connectivity index is 1.84. The number of benzene rings is 1. The number of carbonyl (C=O) groups excluding carboxylic acids is 1. The number of nitrogens with one attached hydrogen (secondary N) is 1. The summed E-state index contributed by atoms with van der Waals surface area (Å²) in [7, 11) is 3.75. The van der Waals surface area contributed by atoms with Gasteiger partial charge < -0.3 is 15.0 Å². The summed E-state index contributed by atoms with van der Waals surface area (Å²) in [4.78, 5) is 14.5. The highest BCUT2D eigenvalue weighted by molar-refractivity contribution is 5.95. The number of aromatic nitrogens is 2. The van der Waals surface area contributed by atoms with Crippen molar-refractivity contribution in [1.82, 2.24) is 20.0 Å². The fourth-order valence-corrected chi connectivity index (χ4v) is 2.40. The minimum atomic E-state index is -0.0748. The van der Waals surface area contributed by atoms with E-state index in [0.717, 1.165) is 37.5 Å². The Bertz CT molecular complexity index is 640. The van der Waals surface area contributed by atoms with E-state index in [-0.39, 0.29) is 5.91 Å². The van der Waals surface area contributed by atoms with Gasteiger partial charge >= 0.3 is 0 Å². The van der Waals surface area contributed by atoms with Gasteiger partial charge in [-0.2, -0.15) is 5.10 Å². The van der Waals surface area contributed by atoms with E-state index in [4.69, 9.17) is 4.74 Å². The second kappa shape index (κ2) is 9.20. The number of hydrogen-bond acceptors (Lipinski definition) is 4. The zero-order valence-corrected chi connectivity index (χ0v) is 14.7. The van der Waals surface area contributed by atoms with Crippen molar-refractivity contribution in [2.75, 3.05) is 40.4 Å². The molecule has 1 aromatic heterocycles. The third-order valence-corrected chi connectivity index (χ3v) is 3.84. The average molecular weight is 330 g/mol. The third kappa shape index (κ3) is 5.18. The van der Waals surface area contributed by atoms with Crippen LogP contribution in [0.1, 0.15) is 22.5 Å². The molecule has 0 saturated heterocycles. The molecule has 130 valence electrons. The molecular weight excluding hydrogens is 304 g/mol. The molecule has 1 amide bonds. The average Bonchev–Trinajstić information content (AvgIpc) is 2.99. The number of nitrogens with zero attached hydrogens (tertiary/aromatic N) is 3. The van der Waals surface area contributed by atoms with Crippen molar-refractivity contribution < 1.29 is 9.53 Å². The van der Waals surface area contributed by atoms with E-state index < -0.39 is 0 Å². The van der Waals surface area contributed by atoms with Gasteiger partial charge in [0.15, 0.2) is 0 Å². The molecule has 0 radical (unpaired) electrons. The molecule has 0 atom stereocenters. The number of para-hydroxylation sites is 1. The monoisotopic (exact) mass is 330 g/mol. The van der Waals surface area contributed by atoms with Crippen molar-refractivity contribution in [3.05, 3.63) is 47.8 Å². The largest absolute Gasteiger partial charge is 0.383 e. The normalized spacial score (nSPS) is 11.0. The number of aryl methyl sites for hydroxylation is 1. The second-order valence-electron chi connectivity index (χ2n) is 5.81. The summed E-state index contributed by atoms with van der Waals surface area (Å²) in [5, 5.41) is 7.39. The molecule has 24 heavy (non-hydrogen) atoms. The Morgan fingerprint density at radius 3 is 2.75 bits per heavy atom. The number of hydrogen-bond donors (Lipinski definition) is 1. The maximum absolute atomic E-state index is 12.3. The van der Waals surface area contributed by atoms with Gasteiger partial charge in [0.2, 0.25) is 0 Å². The lowest BCUT2D eigenvalue weighted by atomic mass is 10.2. The topological polar surface area (TPSA) is 59.4 Å². The molecule has 0 spiro atoms. The summed E-state index contributed by atoms with van der Waals surface area (Å²) < 4.78 is 6.78. The standard InChI is InChI=1S/C18H26N4O2/c1-15-17(14-22(20-15)16-8-5-4-6-9-16)18(23)19-10-7-11-21(2)12-13-24-3/h4-6,8-9,14H,7,10-13H2,1-3H3,(H,19,23). The Labute approximate surface area is 143 Å². The first-order valence-electron chi connectivity index (χ1n) is 8.19. The zero-order valence-electron chi connectivity index (χ0n) is 14.7. The lowest BCUT2D eigenvalue weighted by molar-refractivity contribution is 0.0950. The van der Waals surface area contributed by atoms with Crippen LogP contribution in [-0.4, -0.2) is 61.0 Å². The smallest absolute Gasteiger partial charge is 0.254 e. The molecule has 2 rings (SSSR count). The van der Waals surface area contributed by atoms with Crippen LogP contribution >= 0.6 is 0 Å². The maximum atomic E-state index is 12.3. The van der Waals surface area contributed by atoms with Crippen LogP contribution in [0.15, 0.2) is 36.5 Å². The van der Waals surface area contributed by atoms with Crippen molar-refractivity contribution in [3.63, 3.8) is 0 Å². The van der Waals surface area contributed by atoms with Gasteiger partial charge in [0, 0.05) is 26.4 Å². The van der Waals surface area contributed by atoms with Crippen LogP contribution in [0.3, 0.4) is 0 Å². The highest BCUT2D eigenvalue weighted by atomic mass is 16.5. The molecule has 0 aliphatic rings. The van der Waals surface area contributed by atoms with Crippen LogP contribution < -0.4 is 5.32 Å². The van der Waals surface area contributed by atoms with Gasteiger partial charge in [-0.3, -0.25) is 4.79 Å². The van der Waals surface area contributed by atoms with Gasteiger partial charge in [-0.1, -0.05) is 18.2 Å². The van der Waals surface area contributed by atoms with Crippen molar-refractivity contribution in [2.24, 2.45) is 0 Å². The van der Waals surface area contributed by atoms with E-state index in [9.17, 15) is 4.79 Å². The van der Waals surface area contributed by atoms with E-state index in [0.29, 0.717) is 12.1 Å². The Morgan fingerprint density at radius 1 is 1.29 bits per heavy atom. The van der Waals surface area contributed by atoms with Gasteiger partial charge in [-0.05, 0) is 39.1 Å². The van der Waals surface area contributed by atoms with Crippen LogP contribution in [0.25, 0.3) is 5.69 Å². The van der Waals surface area contributed by atoms with Crippen LogP contribution in [0, 0.1) is 6.92 Å². The predicted octanol–water partition coefficient (Wildman–Crippen LogP) is 1.88. The minimum Gasteiger partial charge on any atom is -0.383 e. The van der Waals surface area contributed by atoms with Gasteiger partial charge in [0.25, 0.3) is 5.91 Å². The molecule has 1 N–H and O–H groups in total. The van der Waals surface area contributed by atoms with E-state index in [1.54, 1.807) is 18.0 Å². The first kappa shape index (κ1) is 18.2. The Hall–Kier alpha value is -2.18. The number of likely N-dealkylation sites (N-methyl/N-ethyl adjacent to an activating group) is 1. The minimum absolute atomic E-state index is 0.0748. The van der Waals surface area contributed by atoms with E-state index in [1.165, 1.54) is 0 Å². The van der Waals surface area contributed by atoms with Crippen molar-refractivity contribution in [2.45, 2.75) is 13.3 Å². The van der Waals surface area contributed by atoms with Gasteiger partial charge in [-0.15, -0.1) is 0 Å². The Kier molecular flexibility index (Phi) is 6.96. The van der Waals surface area contributed by atoms with Gasteiger partial charge in [-0.25, -0.2) is 4.68 Å². The summed E-state index contributed by atoms with van der Waals surface area (Å²) >= 11 is 0.